The number of amides is 1. The molecule has 3 N–H and O–H groups in total. The number of hydrogen-bond donors (Lipinski definition) is 2. The van der Waals surface area contributed by atoms with E-state index in [9.17, 15) is 4.79 Å². The number of ether oxygens (including phenoxy) is 1. The minimum atomic E-state index is -0.0559. The predicted octanol–water partition coefficient (Wildman–Crippen LogP) is 2.52. The summed E-state index contributed by atoms with van der Waals surface area (Å²) < 4.78 is 5.50. The molecule has 1 aromatic carbocycles. The first-order chi connectivity index (χ1) is 9.25. The Hall–Kier alpha value is -2.08. The van der Waals surface area contributed by atoms with Gasteiger partial charge in [0.2, 0.25) is 5.91 Å². The Morgan fingerprint density at radius 2 is 2.26 bits per heavy atom. The van der Waals surface area contributed by atoms with Crippen LogP contribution in [0.1, 0.15) is 12.8 Å². The minimum absolute atomic E-state index is 0.0559. The van der Waals surface area contributed by atoms with Gasteiger partial charge >= 0.3 is 0 Å². The number of nitrogens with zero attached hydrogens (tertiary/aromatic N) is 1. The Kier molecular flexibility index (Phi) is 4.74. The summed E-state index contributed by atoms with van der Waals surface area (Å²) in [4.78, 5) is 15.5. The first kappa shape index (κ1) is 13.4. The quantitative estimate of drug-likeness (QED) is 0.628. The molecule has 0 atom stereocenters. The van der Waals surface area contributed by atoms with E-state index in [1.807, 2.05) is 23.6 Å². The third-order valence-corrected chi connectivity index (χ3v) is 3.09. The number of anilines is 2. The van der Waals surface area contributed by atoms with Gasteiger partial charge in [-0.3, -0.25) is 4.79 Å². The fourth-order valence-electron chi connectivity index (χ4n) is 1.49. The summed E-state index contributed by atoms with van der Waals surface area (Å²) in [7, 11) is 0. The zero-order chi connectivity index (χ0) is 13.5. The highest BCUT2D eigenvalue weighted by Crippen LogP contribution is 2.19. The van der Waals surface area contributed by atoms with E-state index in [0.717, 1.165) is 0 Å². The lowest BCUT2D eigenvalue weighted by Gasteiger charge is -2.08. The van der Waals surface area contributed by atoms with Crippen molar-refractivity contribution in [2.75, 3.05) is 17.7 Å². The summed E-state index contributed by atoms with van der Waals surface area (Å²) in [5.41, 5.74) is 6.35. The van der Waals surface area contributed by atoms with E-state index in [0.29, 0.717) is 36.0 Å². The lowest BCUT2D eigenvalue weighted by Crippen LogP contribution is -2.12. The Labute approximate surface area is 115 Å². The van der Waals surface area contributed by atoms with E-state index in [4.69, 9.17) is 10.5 Å². The van der Waals surface area contributed by atoms with Crippen molar-refractivity contribution >= 4 is 28.1 Å². The van der Waals surface area contributed by atoms with Crippen LogP contribution in [-0.2, 0) is 4.79 Å². The fourth-order valence-corrected chi connectivity index (χ4v) is 2.04. The smallest absolute Gasteiger partial charge is 0.226 e. The number of carbonyl (C=O) groups excluding carboxylic acids is 1. The van der Waals surface area contributed by atoms with E-state index in [-0.39, 0.29) is 5.91 Å². The molecule has 0 unspecified atom stereocenters. The monoisotopic (exact) mass is 277 g/mol. The van der Waals surface area contributed by atoms with Gasteiger partial charge in [0, 0.05) is 18.0 Å². The minimum Gasteiger partial charge on any atom is -0.491 e. The summed E-state index contributed by atoms with van der Waals surface area (Å²) in [5.74, 6) is 0.599. The van der Waals surface area contributed by atoms with Gasteiger partial charge in [-0.2, -0.15) is 0 Å². The van der Waals surface area contributed by atoms with Crippen molar-refractivity contribution < 1.29 is 9.53 Å². The van der Waals surface area contributed by atoms with Gasteiger partial charge in [-0.25, -0.2) is 4.98 Å². The molecule has 0 radical (unpaired) electrons. The van der Waals surface area contributed by atoms with Crippen molar-refractivity contribution in [3.8, 4) is 5.75 Å². The van der Waals surface area contributed by atoms with Gasteiger partial charge in [-0.05, 0) is 18.6 Å². The van der Waals surface area contributed by atoms with Gasteiger partial charge in [-0.15, -0.1) is 11.3 Å². The number of para-hydroxylation sites is 2. The van der Waals surface area contributed by atoms with Crippen LogP contribution < -0.4 is 15.8 Å². The van der Waals surface area contributed by atoms with E-state index >= 15 is 0 Å². The van der Waals surface area contributed by atoms with E-state index in [1.54, 1.807) is 12.3 Å². The van der Waals surface area contributed by atoms with Gasteiger partial charge in [0.05, 0.1) is 12.3 Å². The molecular formula is C13H15N3O2S. The summed E-state index contributed by atoms with van der Waals surface area (Å²) in [6, 6.07) is 7.31. The van der Waals surface area contributed by atoms with Gasteiger partial charge in [0.25, 0.3) is 0 Å². The van der Waals surface area contributed by atoms with Gasteiger partial charge < -0.3 is 15.8 Å². The number of hydrogen-bond acceptors (Lipinski definition) is 5. The summed E-state index contributed by atoms with van der Waals surface area (Å²) in [5, 5.41) is 5.16. The second-order valence-corrected chi connectivity index (χ2v) is 4.77. The molecule has 1 heterocycles. The molecule has 0 aliphatic carbocycles. The fraction of sp³-hybridized carbons (Fsp3) is 0.231. The molecule has 0 spiro atoms. The molecule has 0 fully saturated rings. The van der Waals surface area contributed by atoms with E-state index in [1.165, 1.54) is 11.3 Å². The molecule has 6 heteroatoms. The largest absolute Gasteiger partial charge is 0.491 e. The van der Waals surface area contributed by atoms with Gasteiger partial charge in [0.1, 0.15) is 5.75 Å². The maximum atomic E-state index is 11.6. The number of benzene rings is 1. The SMILES string of the molecule is Nc1ccccc1OCCCC(=O)Nc1nccs1. The second kappa shape index (κ2) is 6.75. The van der Waals surface area contributed by atoms with Gasteiger partial charge in [0.15, 0.2) is 5.13 Å². The van der Waals surface area contributed by atoms with Crippen LogP contribution in [0.3, 0.4) is 0 Å². The van der Waals surface area contributed by atoms with Crippen molar-refractivity contribution in [1.82, 2.24) is 4.98 Å². The zero-order valence-electron chi connectivity index (χ0n) is 10.3. The first-order valence-electron chi connectivity index (χ1n) is 5.92. The third kappa shape index (κ3) is 4.26. The van der Waals surface area contributed by atoms with Crippen LogP contribution in [0.25, 0.3) is 0 Å². The molecule has 0 saturated carbocycles. The topological polar surface area (TPSA) is 77.2 Å². The average Bonchev–Trinajstić information content (AvgIpc) is 2.89. The first-order valence-corrected chi connectivity index (χ1v) is 6.80. The number of nitrogens with two attached hydrogens (primary N) is 1. The molecule has 2 aromatic rings. The van der Waals surface area contributed by atoms with Crippen LogP contribution in [0, 0.1) is 0 Å². The highest BCUT2D eigenvalue weighted by molar-refractivity contribution is 7.13. The van der Waals surface area contributed by atoms with Gasteiger partial charge in [-0.1, -0.05) is 12.1 Å². The Morgan fingerprint density at radius 1 is 1.42 bits per heavy atom. The maximum Gasteiger partial charge on any atom is 0.226 e. The Balaban J connectivity index is 1.67. The van der Waals surface area contributed by atoms with Crippen LogP contribution in [0.5, 0.6) is 5.75 Å². The van der Waals surface area contributed by atoms with Crippen molar-refractivity contribution in [2.24, 2.45) is 0 Å². The van der Waals surface area contributed by atoms with Crippen molar-refractivity contribution in [2.45, 2.75) is 12.8 Å². The molecule has 0 aliphatic rings. The third-order valence-electron chi connectivity index (χ3n) is 2.40. The second-order valence-electron chi connectivity index (χ2n) is 3.88. The lowest BCUT2D eigenvalue weighted by atomic mass is 10.3. The van der Waals surface area contributed by atoms with E-state index < -0.39 is 0 Å². The molecule has 5 nitrogen and oxygen atoms in total. The maximum absolute atomic E-state index is 11.6. The van der Waals surface area contributed by atoms with Crippen molar-refractivity contribution in [3.05, 3.63) is 35.8 Å². The number of aromatic nitrogens is 1. The molecule has 0 aliphatic heterocycles. The van der Waals surface area contributed by atoms with Crippen LogP contribution in [0.4, 0.5) is 10.8 Å². The van der Waals surface area contributed by atoms with Crippen molar-refractivity contribution in [1.29, 1.82) is 0 Å². The standard InChI is InChI=1S/C13H15N3O2S/c14-10-4-1-2-5-11(10)18-8-3-6-12(17)16-13-15-7-9-19-13/h1-2,4-5,7,9H,3,6,8,14H2,(H,15,16,17). The highest BCUT2D eigenvalue weighted by atomic mass is 32.1. The number of thiazole rings is 1. The Morgan fingerprint density at radius 3 is 3.00 bits per heavy atom. The molecule has 1 amide bonds. The normalized spacial score (nSPS) is 10.1. The van der Waals surface area contributed by atoms with Crippen LogP contribution >= 0.6 is 11.3 Å². The molecular weight excluding hydrogens is 262 g/mol. The zero-order valence-corrected chi connectivity index (χ0v) is 11.2. The lowest BCUT2D eigenvalue weighted by molar-refractivity contribution is -0.116. The number of carbonyl (C=O) groups is 1. The van der Waals surface area contributed by atoms with Crippen LogP contribution in [0.15, 0.2) is 35.8 Å². The number of nitrogens with one attached hydrogen (secondary N) is 1. The van der Waals surface area contributed by atoms with Crippen LogP contribution in [-0.4, -0.2) is 17.5 Å². The average molecular weight is 277 g/mol. The molecule has 19 heavy (non-hydrogen) atoms. The molecule has 0 bridgehead atoms. The molecule has 1 aromatic heterocycles. The molecule has 2 rings (SSSR count). The predicted molar refractivity (Wildman–Crippen MR) is 76.3 cm³/mol. The number of nitrogen functional groups attached to an aromatic ring is 1. The summed E-state index contributed by atoms with van der Waals surface area (Å²) in [6.07, 6.45) is 2.68. The number of rotatable bonds is 6. The summed E-state index contributed by atoms with van der Waals surface area (Å²) >= 11 is 1.40. The molecule has 100 valence electrons. The van der Waals surface area contributed by atoms with E-state index in [2.05, 4.69) is 10.3 Å². The van der Waals surface area contributed by atoms with Crippen LogP contribution in [0.2, 0.25) is 0 Å². The molecule has 0 saturated heterocycles. The highest BCUT2D eigenvalue weighted by Gasteiger charge is 2.04. The Bertz CT molecular complexity index is 528. The summed E-state index contributed by atoms with van der Waals surface area (Å²) in [6.45, 7) is 0.458. The van der Waals surface area contributed by atoms with Crippen molar-refractivity contribution in [3.63, 3.8) is 0 Å².